The first-order valence-electron chi connectivity index (χ1n) is 7.59. The predicted octanol–water partition coefficient (Wildman–Crippen LogP) is 2.59. The van der Waals surface area contributed by atoms with Crippen LogP contribution in [0.3, 0.4) is 0 Å². The smallest absolute Gasteiger partial charge is 0.224 e. The Balaban J connectivity index is 1.91. The van der Waals surface area contributed by atoms with E-state index in [9.17, 15) is 4.79 Å². The maximum absolute atomic E-state index is 12.3. The van der Waals surface area contributed by atoms with Crippen molar-refractivity contribution in [1.82, 2.24) is 5.32 Å². The number of carbonyl (C=O) groups is 1. The lowest BCUT2D eigenvalue weighted by atomic mass is 10.0. The van der Waals surface area contributed by atoms with Crippen molar-refractivity contribution < 1.29 is 4.79 Å². The maximum Gasteiger partial charge on any atom is 0.224 e. The fourth-order valence-corrected chi connectivity index (χ4v) is 2.92. The standard InChI is InChI=1S/C17H26N2O/c1-11(2)8-13(10-18)19-17(20)16-9-15(16)14-7-5-4-6-12(14)3/h4-7,11,13,15-16H,8-10,18H2,1-3H3,(H,19,20). The van der Waals surface area contributed by atoms with E-state index in [2.05, 4.69) is 44.3 Å². The molecule has 110 valence electrons. The van der Waals surface area contributed by atoms with E-state index >= 15 is 0 Å². The molecule has 3 nitrogen and oxygen atoms in total. The van der Waals surface area contributed by atoms with Crippen molar-refractivity contribution >= 4 is 5.91 Å². The summed E-state index contributed by atoms with van der Waals surface area (Å²) in [5.41, 5.74) is 8.35. The molecule has 1 aromatic rings. The minimum atomic E-state index is 0.112. The average Bonchev–Trinajstić information content (AvgIpc) is 3.18. The summed E-state index contributed by atoms with van der Waals surface area (Å²) in [6.07, 6.45) is 1.92. The van der Waals surface area contributed by atoms with Crippen molar-refractivity contribution in [1.29, 1.82) is 0 Å². The highest BCUT2D eigenvalue weighted by atomic mass is 16.2. The molecule has 1 aromatic carbocycles. The van der Waals surface area contributed by atoms with E-state index in [4.69, 9.17) is 5.73 Å². The van der Waals surface area contributed by atoms with E-state index in [-0.39, 0.29) is 17.9 Å². The Hall–Kier alpha value is -1.35. The summed E-state index contributed by atoms with van der Waals surface area (Å²) in [6, 6.07) is 8.47. The van der Waals surface area contributed by atoms with E-state index in [1.807, 2.05) is 6.07 Å². The maximum atomic E-state index is 12.3. The van der Waals surface area contributed by atoms with Crippen LogP contribution in [0.15, 0.2) is 24.3 Å². The van der Waals surface area contributed by atoms with E-state index in [1.165, 1.54) is 11.1 Å². The lowest BCUT2D eigenvalue weighted by Gasteiger charge is -2.19. The zero-order valence-corrected chi connectivity index (χ0v) is 12.7. The number of carbonyl (C=O) groups excluding carboxylic acids is 1. The molecule has 1 aliphatic carbocycles. The van der Waals surface area contributed by atoms with Crippen LogP contribution < -0.4 is 11.1 Å². The zero-order chi connectivity index (χ0) is 14.7. The number of amides is 1. The van der Waals surface area contributed by atoms with Gasteiger partial charge in [-0.25, -0.2) is 0 Å². The minimum Gasteiger partial charge on any atom is -0.352 e. The quantitative estimate of drug-likeness (QED) is 0.837. The van der Waals surface area contributed by atoms with Gasteiger partial charge in [0.05, 0.1) is 0 Å². The molecule has 0 aromatic heterocycles. The van der Waals surface area contributed by atoms with Gasteiger partial charge in [0.2, 0.25) is 5.91 Å². The van der Waals surface area contributed by atoms with Gasteiger partial charge in [0.25, 0.3) is 0 Å². The number of hydrogen-bond acceptors (Lipinski definition) is 2. The van der Waals surface area contributed by atoms with Crippen molar-refractivity contribution in [3.05, 3.63) is 35.4 Å². The van der Waals surface area contributed by atoms with Crippen molar-refractivity contribution in [2.45, 2.75) is 45.6 Å². The number of benzene rings is 1. The van der Waals surface area contributed by atoms with Crippen LogP contribution in [0.2, 0.25) is 0 Å². The first-order valence-corrected chi connectivity index (χ1v) is 7.59. The Morgan fingerprint density at radius 3 is 2.70 bits per heavy atom. The first-order chi connectivity index (χ1) is 9.52. The highest BCUT2D eigenvalue weighted by Crippen LogP contribution is 2.48. The molecule has 0 bridgehead atoms. The second-order valence-electron chi connectivity index (χ2n) is 6.38. The van der Waals surface area contributed by atoms with Crippen LogP contribution >= 0.6 is 0 Å². The van der Waals surface area contributed by atoms with Gasteiger partial charge < -0.3 is 11.1 Å². The van der Waals surface area contributed by atoms with Gasteiger partial charge in [-0.05, 0) is 42.7 Å². The Kier molecular flexibility index (Phi) is 4.81. The van der Waals surface area contributed by atoms with Crippen LogP contribution in [-0.4, -0.2) is 18.5 Å². The van der Waals surface area contributed by atoms with Crippen LogP contribution in [0.4, 0.5) is 0 Å². The minimum absolute atomic E-state index is 0.112. The number of rotatable bonds is 6. The van der Waals surface area contributed by atoms with Crippen molar-refractivity contribution in [2.24, 2.45) is 17.6 Å². The second kappa shape index (κ2) is 6.40. The van der Waals surface area contributed by atoms with E-state index in [0.717, 1.165) is 12.8 Å². The normalized spacial score (nSPS) is 22.6. The highest BCUT2D eigenvalue weighted by molar-refractivity contribution is 5.83. The van der Waals surface area contributed by atoms with E-state index in [0.29, 0.717) is 18.4 Å². The monoisotopic (exact) mass is 274 g/mol. The van der Waals surface area contributed by atoms with Gasteiger partial charge in [-0.1, -0.05) is 38.1 Å². The largest absolute Gasteiger partial charge is 0.352 e. The second-order valence-corrected chi connectivity index (χ2v) is 6.38. The molecular weight excluding hydrogens is 248 g/mol. The highest BCUT2D eigenvalue weighted by Gasteiger charge is 2.44. The molecule has 3 unspecified atom stereocenters. The predicted molar refractivity (Wildman–Crippen MR) is 82.5 cm³/mol. The molecule has 0 saturated heterocycles. The topological polar surface area (TPSA) is 55.1 Å². The molecule has 3 N–H and O–H groups in total. The van der Waals surface area contributed by atoms with Gasteiger partial charge in [-0.15, -0.1) is 0 Å². The van der Waals surface area contributed by atoms with Crippen molar-refractivity contribution in [3.8, 4) is 0 Å². The van der Waals surface area contributed by atoms with Gasteiger partial charge in [0.1, 0.15) is 0 Å². The molecule has 1 saturated carbocycles. The van der Waals surface area contributed by atoms with Gasteiger partial charge in [0, 0.05) is 18.5 Å². The number of hydrogen-bond donors (Lipinski definition) is 2. The first kappa shape index (κ1) is 15.0. The van der Waals surface area contributed by atoms with Gasteiger partial charge in [-0.3, -0.25) is 4.79 Å². The third-order valence-corrected chi connectivity index (χ3v) is 4.10. The molecule has 1 fully saturated rings. The molecular formula is C17H26N2O. The SMILES string of the molecule is Cc1ccccc1C1CC1C(=O)NC(CN)CC(C)C. The van der Waals surface area contributed by atoms with Gasteiger partial charge in [0.15, 0.2) is 0 Å². The summed E-state index contributed by atoms with van der Waals surface area (Å²) in [7, 11) is 0. The lowest BCUT2D eigenvalue weighted by molar-refractivity contribution is -0.123. The summed E-state index contributed by atoms with van der Waals surface area (Å²) in [5, 5.41) is 3.12. The Morgan fingerprint density at radius 2 is 2.10 bits per heavy atom. The molecule has 0 radical (unpaired) electrons. The van der Waals surface area contributed by atoms with E-state index < -0.39 is 0 Å². The Bertz CT molecular complexity index is 470. The number of aryl methyl sites for hydroxylation is 1. The zero-order valence-electron chi connectivity index (χ0n) is 12.7. The van der Waals surface area contributed by atoms with E-state index in [1.54, 1.807) is 0 Å². The lowest BCUT2D eigenvalue weighted by Crippen LogP contribution is -2.41. The molecule has 1 aliphatic rings. The molecule has 3 atom stereocenters. The molecule has 2 rings (SSSR count). The third kappa shape index (κ3) is 3.60. The third-order valence-electron chi connectivity index (χ3n) is 4.10. The van der Waals surface area contributed by atoms with Gasteiger partial charge >= 0.3 is 0 Å². The average molecular weight is 274 g/mol. The van der Waals surface area contributed by atoms with Crippen molar-refractivity contribution in [2.75, 3.05) is 6.54 Å². The van der Waals surface area contributed by atoms with Crippen molar-refractivity contribution in [3.63, 3.8) is 0 Å². The summed E-state index contributed by atoms with van der Waals surface area (Å²) < 4.78 is 0. The fourth-order valence-electron chi connectivity index (χ4n) is 2.92. The molecule has 0 aliphatic heterocycles. The Morgan fingerprint density at radius 1 is 1.40 bits per heavy atom. The molecule has 0 spiro atoms. The number of nitrogens with one attached hydrogen (secondary N) is 1. The molecule has 20 heavy (non-hydrogen) atoms. The van der Waals surface area contributed by atoms with Gasteiger partial charge in [-0.2, -0.15) is 0 Å². The summed E-state index contributed by atoms with van der Waals surface area (Å²) in [6.45, 7) is 6.94. The summed E-state index contributed by atoms with van der Waals surface area (Å²) >= 11 is 0. The van der Waals surface area contributed by atoms with Crippen LogP contribution in [-0.2, 0) is 4.79 Å². The molecule has 3 heteroatoms. The van der Waals surface area contributed by atoms with Crippen LogP contribution in [0.1, 0.15) is 43.7 Å². The Labute approximate surface area is 121 Å². The van der Waals surface area contributed by atoms with Crippen LogP contribution in [0.5, 0.6) is 0 Å². The molecule has 0 heterocycles. The summed E-state index contributed by atoms with van der Waals surface area (Å²) in [5.74, 6) is 1.26. The molecule has 1 amide bonds. The van der Waals surface area contributed by atoms with Crippen LogP contribution in [0.25, 0.3) is 0 Å². The summed E-state index contributed by atoms with van der Waals surface area (Å²) in [4.78, 5) is 12.3. The number of nitrogens with two attached hydrogens (primary N) is 1. The fraction of sp³-hybridized carbons (Fsp3) is 0.588. The van der Waals surface area contributed by atoms with Crippen LogP contribution in [0, 0.1) is 18.8 Å².